The Kier molecular flexibility index (Phi) is 4.30. The summed E-state index contributed by atoms with van der Waals surface area (Å²) >= 11 is 0. The van der Waals surface area contributed by atoms with Crippen molar-refractivity contribution in [1.82, 2.24) is 15.1 Å². The zero-order chi connectivity index (χ0) is 11.3. The van der Waals surface area contributed by atoms with Gasteiger partial charge in [-0.25, -0.2) is 0 Å². The number of carbonyl (C=O) groups is 2. The maximum absolute atomic E-state index is 11.6. The van der Waals surface area contributed by atoms with Crippen LogP contribution in [0.3, 0.4) is 0 Å². The van der Waals surface area contributed by atoms with Gasteiger partial charge in [0.05, 0.1) is 6.54 Å². The molecule has 0 radical (unpaired) electrons. The molecule has 1 fully saturated rings. The van der Waals surface area contributed by atoms with Gasteiger partial charge < -0.3 is 15.1 Å². The molecule has 1 heterocycles. The Morgan fingerprint density at radius 2 is 1.93 bits per heavy atom. The molecule has 0 atom stereocenters. The molecule has 0 spiro atoms. The highest BCUT2D eigenvalue weighted by Crippen LogP contribution is 1.98. The molecule has 0 unspecified atom stereocenters. The van der Waals surface area contributed by atoms with E-state index in [4.69, 9.17) is 0 Å². The zero-order valence-electron chi connectivity index (χ0n) is 9.03. The quantitative estimate of drug-likeness (QED) is 0.613. The van der Waals surface area contributed by atoms with Crippen molar-refractivity contribution in [3.8, 4) is 0 Å². The Morgan fingerprint density at radius 3 is 2.47 bits per heavy atom. The largest absolute Gasteiger partial charge is 0.343 e. The SMILES string of the molecule is C=CC(=O)NCC(=O)N1CCN(C)CC1. The van der Waals surface area contributed by atoms with Crippen LogP contribution in [0.5, 0.6) is 0 Å². The van der Waals surface area contributed by atoms with E-state index in [1.807, 2.05) is 7.05 Å². The van der Waals surface area contributed by atoms with Crippen LogP contribution >= 0.6 is 0 Å². The van der Waals surface area contributed by atoms with Crippen molar-refractivity contribution in [2.24, 2.45) is 0 Å². The second-order valence-corrected chi connectivity index (χ2v) is 3.61. The molecule has 2 amide bonds. The summed E-state index contributed by atoms with van der Waals surface area (Å²) in [5, 5.41) is 2.48. The molecule has 1 N–H and O–H groups in total. The van der Waals surface area contributed by atoms with E-state index < -0.39 is 0 Å². The molecule has 0 aromatic carbocycles. The average Bonchev–Trinajstić information content (AvgIpc) is 2.26. The van der Waals surface area contributed by atoms with E-state index in [1.54, 1.807) is 4.90 Å². The van der Waals surface area contributed by atoms with Gasteiger partial charge in [0.2, 0.25) is 11.8 Å². The number of hydrogen-bond donors (Lipinski definition) is 1. The number of nitrogens with zero attached hydrogens (tertiary/aromatic N) is 2. The zero-order valence-corrected chi connectivity index (χ0v) is 9.03. The first kappa shape index (κ1) is 11.7. The number of likely N-dealkylation sites (N-methyl/N-ethyl adjacent to an activating group) is 1. The van der Waals surface area contributed by atoms with Gasteiger partial charge in [0, 0.05) is 26.2 Å². The molecular formula is C10H17N3O2. The smallest absolute Gasteiger partial charge is 0.243 e. The molecule has 0 aromatic rings. The summed E-state index contributed by atoms with van der Waals surface area (Å²) in [6, 6.07) is 0. The molecule has 0 aromatic heterocycles. The first-order chi connectivity index (χ1) is 7.13. The lowest BCUT2D eigenvalue weighted by Crippen LogP contribution is -2.49. The summed E-state index contributed by atoms with van der Waals surface area (Å²) in [7, 11) is 2.03. The van der Waals surface area contributed by atoms with Crippen molar-refractivity contribution in [3.63, 3.8) is 0 Å². The predicted octanol–water partition coefficient (Wildman–Crippen LogP) is -0.937. The molecule has 5 nitrogen and oxygen atoms in total. The third-order valence-corrected chi connectivity index (χ3v) is 2.46. The van der Waals surface area contributed by atoms with Gasteiger partial charge in [0.25, 0.3) is 0 Å². The van der Waals surface area contributed by atoms with Crippen LogP contribution in [-0.2, 0) is 9.59 Å². The average molecular weight is 211 g/mol. The van der Waals surface area contributed by atoms with Gasteiger partial charge in [-0.2, -0.15) is 0 Å². The Morgan fingerprint density at radius 1 is 1.33 bits per heavy atom. The molecule has 1 aliphatic heterocycles. The number of nitrogens with one attached hydrogen (secondary N) is 1. The van der Waals surface area contributed by atoms with Crippen LogP contribution in [0, 0.1) is 0 Å². The lowest BCUT2D eigenvalue weighted by molar-refractivity contribution is -0.133. The molecule has 5 heteroatoms. The lowest BCUT2D eigenvalue weighted by atomic mass is 10.3. The first-order valence-electron chi connectivity index (χ1n) is 5.00. The monoisotopic (exact) mass is 211 g/mol. The molecule has 15 heavy (non-hydrogen) atoms. The van der Waals surface area contributed by atoms with Crippen molar-refractivity contribution >= 4 is 11.8 Å². The molecule has 0 bridgehead atoms. The van der Waals surface area contributed by atoms with E-state index in [2.05, 4.69) is 16.8 Å². The minimum Gasteiger partial charge on any atom is -0.343 e. The van der Waals surface area contributed by atoms with Gasteiger partial charge in [-0.1, -0.05) is 6.58 Å². The number of carbonyl (C=O) groups excluding carboxylic acids is 2. The summed E-state index contributed by atoms with van der Waals surface area (Å²) in [6.07, 6.45) is 1.16. The minimum absolute atomic E-state index is 0.0294. The molecule has 84 valence electrons. The third kappa shape index (κ3) is 3.71. The van der Waals surface area contributed by atoms with Gasteiger partial charge in [0.15, 0.2) is 0 Å². The minimum atomic E-state index is -0.308. The van der Waals surface area contributed by atoms with Gasteiger partial charge in [-0.05, 0) is 13.1 Å². The summed E-state index contributed by atoms with van der Waals surface area (Å²) in [6.45, 7) is 6.63. The van der Waals surface area contributed by atoms with E-state index in [9.17, 15) is 9.59 Å². The Bertz CT molecular complexity index is 257. The van der Waals surface area contributed by atoms with E-state index >= 15 is 0 Å². The van der Waals surface area contributed by atoms with Crippen LogP contribution in [0.25, 0.3) is 0 Å². The fourth-order valence-corrected chi connectivity index (χ4v) is 1.40. The Hall–Kier alpha value is -1.36. The van der Waals surface area contributed by atoms with Crippen molar-refractivity contribution in [2.75, 3.05) is 39.8 Å². The second kappa shape index (κ2) is 5.50. The number of piperazine rings is 1. The summed E-state index contributed by atoms with van der Waals surface area (Å²) < 4.78 is 0. The Labute approximate surface area is 89.7 Å². The fourth-order valence-electron chi connectivity index (χ4n) is 1.40. The highest BCUT2D eigenvalue weighted by molar-refractivity contribution is 5.90. The van der Waals surface area contributed by atoms with Crippen LogP contribution < -0.4 is 5.32 Å². The van der Waals surface area contributed by atoms with Crippen LogP contribution in [0.4, 0.5) is 0 Å². The maximum atomic E-state index is 11.6. The van der Waals surface area contributed by atoms with Crippen molar-refractivity contribution in [1.29, 1.82) is 0 Å². The fraction of sp³-hybridized carbons (Fsp3) is 0.600. The van der Waals surface area contributed by atoms with Gasteiger partial charge in [0.1, 0.15) is 0 Å². The van der Waals surface area contributed by atoms with Crippen LogP contribution in [0.2, 0.25) is 0 Å². The van der Waals surface area contributed by atoms with Crippen molar-refractivity contribution in [3.05, 3.63) is 12.7 Å². The molecular weight excluding hydrogens is 194 g/mol. The first-order valence-corrected chi connectivity index (χ1v) is 5.00. The highest BCUT2D eigenvalue weighted by Gasteiger charge is 2.18. The maximum Gasteiger partial charge on any atom is 0.243 e. The number of hydrogen-bond acceptors (Lipinski definition) is 3. The second-order valence-electron chi connectivity index (χ2n) is 3.61. The van der Waals surface area contributed by atoms with Crippen molar-refractivity contribution < 1.29 is 9.59 Å². The lowest BCUT2D eigenvalue weighted by Gasteiger charge is -2.32. The van der Waals surface area contributed by atoms with Crippen LogP contribution in [0.15, 0.2) is 12.7 Å². The predicted molar refractivity (Wildman–Crippen MR) is 57.3 cm³/mol. The Balaban J connectivity index is 2.28. The van der Waals surface area contributed by atoms with E-state index in [-0.39, 0.29) is 18.4 Å². The number of amides is 2. The molecule has 1 aliphatic rings. The van der Waals surface area contributed by atoms with E-state index in [0.29, 0.717) is 0 Å². The molecule has 1 saturated heterocycles. The van der Waals surface area contributed by atoms with E-state index in [0.717, 1.165) is 32.3 Å². The number of rotatable bonds is 3. The molecule has 0 aliphatic carbocycles. The van der Waals surface area contributed by atoms with Crippen LogP contribution in [0.1, 0.15) is 0 Å². The van der Waals surface area contributed by atoms with Crippen LogP contribution in [-0.4, -0.2) is 61.4 Å². The normalized spacial score (nSPS) is 17.3. The summed E-state index contributed by atoms with van der Waals surface area (Å²) in [4.78, 5) is 26.4. The van der Waals surface area contributed by atoms with Gasteiger partial charge >= 0.3 is 0 Å². The van der Waals surface area contributed by atoms with Gasteiger partial charge in [-0.15, -0.1) is 0 Å². The van der Waals surface area contributed by atoms with Gasteiger partial charge in [-0.3, -0.25) is 9.59 Å². The summed E-state index contributed by atoms with van der Waals surface area (Å²) in [5.74, 6) is -0.337. The standard InChI is InChI=1S/C10H17N3O2/c1-3-9(14)11-8-10(15)13-6-4-12(2)5-7-13/h3H,1,4-8H2,2H3,(H,11,14). The van der Waals surface area contributed by atoms with Crippen molar-refractivity contribution in [2.45, 2.75) is 0 Å². The highest BCUT2D eigenvalue weighted by atomic mass is 16.2. The third-order valence-electron chi connectivity index (χ3n) is 2.46. The topological polar surface area (TPSA) is 52.7 Å². The molecule has 0 saturated carbocycles. The molecule has 1 rings (SSSR count). The summed E-state index contributed by atoms with van der Waals surface area (Å²) in [5.41, 5.74) is 0. The van der Waals surface area contributed by atoms with E-state index in [1.165, 1.54) is 0 Å².